The number of halogens is 1. The van der Waals surface area contributed by atoms with Gasteiger partial charge in [0.25, 0.3) is 0 Å². The Morgan fingerprint density at radius 3 is 2.48 bits per heavy atom. The number of nitrogens with zero attached hydrogens (tertiary/aromatic N) is 3. The van der Waals surface area contributed by atoms with E-state index < -0.39 is 0 Å². The molecule has 1 amide bonds. The Kier molecular flexibility index (Phi) is 6.26. The minimum atomic E-state index is -0.205. The number of anilines is 2. The lowest BCUT2D eigenvalue weighted by atomic mass is 10.2. The summed E-state index contributed by atoms with van der Waals surface area (Å²) in [5, 5.41) is 7.59. The smallest absolute Gasteiger partial charge is 0.248 e. The maximum absolute atomic E-state index is 12.1. The van der Waals surface area contributed by atoms with Gasteiger partial charge in [-0.1, -0.05) is 11.6 Å². The fourth-order valence-electron chi connectivity index (χ4n) is 2.76. The predicted octanol–water partition coefficient (Wildman–Crippen LogP) is 4.27. The summed E-state index contributed by atoms with van der Waals surface area (Å²) < 4.78 is 1.58. The van der Waals surface area contributed by atoms with Crippen molar-refractivity contribution in [3.63, 3.8) is 0 Å². The maximum Gasteiger partial charge on any atom is 0.248 e. The number of hydrogen-bond donors (Lipinski definition) is 1. The zero-order valence-electron chi connectivity index (χ0n) is 15.4. The van der Waals surface area contributed by atoms with Crippen LogP contribution in [-0.4, -0.2) is 28.3 Å². The van der Waals surface area contributed by atoms with Gasteiger partial charge in [-0.3, -0.25) is 9.48 Å². The zero-order valence-corrected chi connectivity index (χ0v) is 16.1. The van der Waals surface area contributed by atoms with E-state index in [1.807, 2.05) is 31.2 Å². The van der Waals surface area contributed by atoms with Crippen LogP contribution in [0.2, 0.25) is 5.15 Å². The molecular weight excluding hydrogens is 336 g/mol. The number of carbonyl (C=O) groups excluding carboxylic acids is 1. The molecule has 0 spiro atoms. The molecule has 1 N–H and O–H groups in total. The molecule has 0 aliphatic heterocycles. The standard InChI is InChI=1S/C19H25ClN4O/c1-6-24(13(2)3)16-9-7-15(8-10-16)21-18(25)12-11-17-14(4)22-23(5)19(17)20/h7-13H,6H2,1-5H3,(H,21,25)/b12-11+. The Balaban J connectivity index is 2.04. The van der Waals surface area contributed by atoms with Crippen LogP contribution in [0.3, 0.4) is 0 Å². The third kappa shape index (κ3) is 4.63. The molecule has 1 heterocycles. The van der Waals surface area contributed by atoms with Crippen LogP contribution in [0, 0.1) is 6.92 Å². The molecule has 0 aliphatic rings. The first-order valence-electron chi connectivity index (χ1n) is 8.38. The molecular formula is C19H25ClN4O. The summed E-state index contributed by atoms with van der Waals surface area (Å²) in [6.07, 6.45) is 3.15. The molecule has 6 heteroatoms. The largest absolute Gasteiger partial charge is 0.369 e. The molecule has 0 bridgehead atoms. The van der Waals surface area contributed by atoms with E-state index in [0.717, 1.165) is 29.2 Å². The van der Waals surface area contributed by atoms with Gasteiger partial charge in [0.15, 0.2) is 0 Å². The van der Waals surface area contributed by atoms with Crippen LogP contribution in [-0.2, 0) is 11.8 Å². The number of rotatable bonds is 6. The number of hydrogen-bond acceptors (Lipinski definition) is 3. The van der Waals surface area contributed by atoms with Gasteiger partial charge in [0.1, 0.15) is 5.15 Å². The second kappa shape index (κ2) is 8.21. The first-order valence-corrected chi connectivity index (χ1v) is 8.76. The molecule has 134 valence electrons. The number of amides is 1. The highest BCUT2D eigenvalue weighted by Crippen LogP contribution is 2.21. The SMILES string of the molecule is CCN(c1ccc(NC(=O)/C=C/c2c(C)nn(C)c2Cl)cc1)C(C)C. The van der Waals surface area contributed by atoms with Crippen LogP contribution < -0.4 is 10.2 Å². The predicted molar refractivity (Wildman–Crippen MR) is 105 cm³/mol. The van der Waals surface area contributed by atoms with Gasteiger partial charge in [0, 0.05) is 42.6 Å². The van der Waals surface area contributed by atoms with Gasteiger partial charge in [0.05, 0.1) is 5.69 Å². The first-order chi connectivity index (χ1) is 11.8. The van der Waals surface area contributed by atoms with Crippen molar-refractivity contribution in [3.05, 3.63) is 46.8 Å². The number of nitrogens with one attached hydrogen (secondary N) is 1. The second-order valence-corrected chi connectivity index (χ2v) is 6.52. The summed E-state index contributed by atoms with van der Waals surface area (Å²) in [6.45, 7) is 9.25. The van der Waals surface area contributed by atoms with E-state index in [-0.39, 0.29) is 5.91 Å². The minimum absolute atomic E-state index is 0.205. The van der Waals surface area contributed by atoms with E-state index in [9.17, 15) is 4.79 Å². The molecule has 1 aromatic heterocycles. The fourth-order valence-corrected chi connectivity index (χ4v) is 3.00. The highest BCUT2D eigenvalue weighted by molar-refractivity contribution is 6.31. The highest BCUT2D eigenvalue weighted by atomic mass is 35.5. The highest BCUT2D eigenvalue weighted by Gasteiger charge is 2.10. The monoisotopic (exact) mass is 360 g/mol. The van der Waals surface area contributed by atoms with E-state index in [1.54, 1.807) is 17.8 Å². The van der Waals surface area contributed by atoms with E-state index in [2.05, 4.69) is 36.1 Å². The fraction of sp³-hybridized carbons (Fsp3) is 0.368. The summed E-state index contributed by atoms with van der Waals surface area (Å²) in [4.78, 5) is 14.4. The Labute approximate surface area is 154 Å². The topological polar surface area (TPSA) is 50.2 Å². The average Bonchev–Trinajstić information content (AvgIpc) is 2.80. The Bertz CT molecular complexity index is 762. The van der Waals surface area contributed by atoms with Crippen molar-refractivity contribution in [2.75, 3.05) is 16.8 Å². The van der Waals surface area contributed by atoms with E-state index >= 15 is 0 Å². The van der Waals surface area contributed by atoms with Gasteiger partial charge in [-0.25, -0.2) is 0 Å². The van der Waals surface area contributed by atoms with Crippen molar-refractivity contribution in [3.8, 4) is 0 Å². The van der Waals surface area contributed by atoms with Crippen LogP contribution in [0.25, 0.3) is 6.08 Å². The van der Waals surface area contributed by atoms with Gasteiger partial charge in [-0.05, 0) is 58.0 Å². The molecule has 0 saturated carbocycles. The van der Waals surface area contributed by atoms with Crippen molar-refractivity contribution in [1.82, 2.24) is 9.78 Å². The molecule has 0 radical (unpaired) electrons. The lowest BCUT2D eigenvalue weighted by molar-refractivity contribution is -0.111. The molecule has 25 heavy (non-hydrogen) atoms. The van der Waals surface area contributed by atoms with Gasteiger partial charge < -0.3 is 10.2 Å². The summed E-state index contributed by atoms with van der Waals surface area (Å²) >= 11 is 6.16. The Hall–Kier alpha value is -2.27. The Morgan fingerprint density at radius 2 is 2.00 bits per heavy atom. The molecule has 2 rings (SSSR count). The van der Waals surface area contributed by atoms with Crippen molar-refractivity contribution in [1.29, 1.82) is 0 Å². The maximum atomic E-state index is 12.1. The minimum Gasteiger partial charge on any atom is -0.369 e. The van der Waals surface area contributed by atoms with Crippen molar-refractivity contribution in [2.45, 2.75) is 33.7 Å². The molecule has 0 fully saturated rings. The third-order valence-corrected chi connectivity index (χ3v) is 4.48. The molecule has 0 atom stereocenters. The lowest BCUT2D eigenvalue weighted by Crippen LogP contribution is -2.30. The molecule has 2 aromatic rings. The van der Waals surface area contributed by atoms with E-state index in [1.165, 1.54) is 6.08 Å². The van der Waals surface area contributed by atoms with Crippen molar-refractivity contribution in [2.24, 2.45) is 7.05 Å². The van der Waals surface area contributed by atoms with Gasteiger partial charge >= 0.3 is 0 Å². The summed E-state index contributed by atoms with van der Waals surface area (Å²) in [5.74, 6) is -0.205. The van der Waals surface area contributed by atoms with Crippen LogP contribution in [0.15, 0.2) is 30.3 Å². The Morgan fingerprint density at radius 1 is 1.36 bits per heavy atom. The van der Waals surface area contributed by atoms with Crippen LogP contribution in [0.4, 0.5) is 11.4 Å². The quantitative estimate of drug-likeness (QED) is 0.783. The molecule has 1 aromatic carbocycles. The first kappa shape index (κ1) is 19.1. The summed E-state index contributed by atoms with van der Waals surface area (Å²) in [7, 11) is 1.77. The number of benzene rings is 1. The van der Waals surface area contributed by atoms with Crippen molar-refractivity contribution < 1.29 is 4.79 Å². The summed E-state index contributed by atoms with van der Waals surface area (Å²) in [5.41, 5.74) is 3.44. The lowest BCUT2D eigenvalue weighted by Gasteiger charge is -2.27. The third-order valence-electron chi connectivity index (χ3n) is 4.03. The van der Waals surface area contributed by atoms with E-state index in [4.69, 9.17) is 11.6 Å². The average molecular weight is 361 g/mol. The second-order valence-electron chi connectivity index (χ2n) is 6.16. The van der Waals surface area contributed by atoms with Crippen LogP contribution in [0.1, 0.15) is 32.0 Å². The molecule has 0 unspecified atom stereocenters. The van der Waals surface area contributed by atoms with Gasteiger partial charge in [-0.15, -0.1) is 0 Å². The number of aryl methyl sites for hydroxylation is 2. The molecule has 0 saturated heterocycles. The van der Waals surface area contributed by atoms with Gasteiger partial charge in [0.2, 0.25) is 5.91 Å². The number of aromatic nitrogens is 2. The van der Waals surface area contributed by atoms with Crippen LogP contribution >= 0.6 is 11.6 Å². The number of carbonyl (C=O) groups is 1. The van der Waals surface area contributed by atoms with Crippen molar-refractivity contribution >= 4 is 35.0 Å². The summed E-state index contributed by atoms with van der Waals surface area (Å²) in [6, 6.07) is 8.29. The normalized spacial score (nSPS) is 11.3. The zero-order chi connectivity index (χ0) is 18.6. The van der Waals surface area contributed by atoms with Gasteiger partial charge in [-0.2, -0.15) is 5.10 Å². The molecule has 5 nitrogen and oxygen atoms in total. The molecule has 0 aliphatic carbocycles. The van der Waals surface area contributed by atoms with E-state index in [0.29, 0.717) is 11.2 Å². The van der Waals surface area contributed by atoms with Crippen LogP contribution in [0.5, 0.6) is 0 Å².